The SMILES string of the molecule is Cc1ccc(NC(=O)c2cc3ccccc3cc2O)c(C)c1.Cc1ccc(NC(=O)c2cc3ccccc3cc2O)c(C)c1.[Ni+2]. The van der Waals surface area contributed by atoms with Gasteiger partial charge in [-0.05, 0) is 96.8 Å². The summed E-state index contributed by atoms with van der Waals surface area (Å²) in [6.07, 6.45) is 0. The van der Waals surface area contributed by atoms with Crippen LogP contribution in [-0.2, 0) is 16.5 Å². The minimum absolute atomic E-state index is 0. The van der Waals surface area contributed by atoms with Crippen molar-refractivity contribution in [2.75, 3.05) is 10.6 Å². The van der Waals surface area contributed by atoms with Crippen LogP contribution < -0.4 is 10.6 Å². The quantitative estimate of drug-likeness (QED) is 0.145. The zero-order chi connectivity index (χ0) is 31.4. The van der Waals surface area contributed by atoms with Crippen LogP contribution in [0.25, 0.3) is 21.5 Å². The summed E-state index contributed by atoms with van der Waals surface area (Å²) in [7, 11) is 0. The number of phenolic OH excluding ortho intramolecular Hbond substituents is 2. The molecule has 0 aliphatic rings. The summed E-state index contributed by atoms with van der Waals surface area (Å²) in [6, 6.07) is 33.6. The molecule has 0 radical (unpaired) electrons. The number of hydrogen-bond donors (Lipinski definition) is 4. The first-order valence-electron chi connectivity index (χ1n) is 14.3. The standard InChI is InChI=1S/2C19H17NO2.Ni/c2*1-12-7-8-17(13(2)9-12)20-19(22)16-10-14-5-3-4-6-15(14)11-18(16)21;/h2*3-11,21H,1-2H3,(H,20,22);/q;;+2. The maximum atomic E-state index is 12.4. The summed E-state index contributed by atoms with van der Waals surface area (Å²) in [4.78, 5) is 24.9. The molecule has 0 spiro atoms. The monoisotopic (exact) mass is 640 g/mol. The summed E-state index contributed by atoms with van der Waals surface area (Å²) in [5.41, 5.74) is 6.33. The van der Waals surface area contributed by atoms with Gasteiger partial charge in [0.2, 0.25) is 0 Å². The van der Waals surface area contributed by atoms with Crippen LogP contribution in [0.1, 0.15) is 43.0 Å². The van der Waals surface area contributed by atoms with E-state index in [9.17, 15) is 19.8 Å². The van der Waals surface area contributed by atoms with Gasteiger partial charge in [-0.3, -0.25) is 9.59 Å². The molecule has 0 saturated heterocycles. The van der Waals surface area contributed by atoms with E-state index in [1.165, 1.54) is 0 Å². The fraction of sp³-hybridized carbons (Fsp3) is 0.105. The van der Waals surface area contributed by atoms with Gasteiger partial charge in [0, 0.05) is 11.4 Å². The smallest absolute Gasteiger partial charge is 0.507 e. The fourth-order valence-corrected chi connectivity index (χ4v) is 5.11. The predicted octanol–water partition coefficient (Wildman–Crippen LogP) is 8.83. The number of nitrogens with one attached hydrogen (secondary N) is 2. The van der Waals surface area contributed by atoms with E-state index >= 15 is 0 Å². The van der Waals surface area contributed by atoms with Crippen LogP contribution in [0.5, 0.6) is 11.5 Å². The second-order valence-corrected chi connectivity index (χ2v) is 11.0. The number of phenols is 2. The Hall–Kier alpha value is -5.13. The fourth-order valence-electron chi connectivity index (χ4n) is 5.11. The molecule has 228 valence electrons. The molecular weight excluding hydrogens is 607 g/mol. The molecule has 0 unspecified atom stereocenters. The Bertz CT molecular complexity index is 1890. The van der Waals surface area contributed by atoms with Crippen molar-refractivity contribution in [2.24, 2.45) is 0 Å². The van der Waals surface area contributed by atoms with E-state index in [4.69, 9.17) is 0 Å². The first-order chi connectivity index (χ1) is 21.1. The largest absolute Gasteiger partial charge is 2.00 e. The second-order valence-electron chi connectivity index (χ2n) is 11.0. The van der Waals surface area contributed by atoms with E-state index in [-0.39, 0.29) is 50.9 Å². The first kappa shape index (κ1) is 32.8. The van der Waals surface area contributed by atoms with E-state index in [1.807, 2.05) is 113 Å². The molecule has 0 bridgehead atoms. The summed E-state index contributed by atoms with van der Waals surface area (Å²) in [6.45, 7) is 7.91. The molecule has 45 heavy (non-hydrogen) atoms. The van der Waals surface area contributed by atoms with Gasteiger partial charge in [-0.15, -0.1) is 0 Å². The number of carbonyl (C=O) groups excluding carboxylic acids is 2. The van der Waals surface area contributed by atoms with Crippen molar-refractivity contribution in [1.82, 2.24) is 0 Å². The van der Waals surface area contributed by atoms with Crippen LogP contribution in [0.15, 0.2) is 109 Å². The van der Waals surface area contributed by atoms with Crippen molar-refractivity contribution in [3.63, 3.8) is 0 Å². The van der Waals surface area contributed by atoms with Crippen molar-refractivity contribution in [3.05, 3.63) is 143 Å². The molecule has 0 heterocycles. The third kappa shape index (κ3) is 7.70. The molecule has 0 fully saturated rings. The Morgan fingerprint density at radius 1 is 0.489 bits per heavy atom. The predicted molar refractivity (Wildman–Crippen MR) is 179 cm³/mol. The molecule has 6 rings (SSSR count). The molecule has 7 heteroatoms. The molecule has 0 aliphatic carbocycles. The number of hydrogen-bond acceptors (Lipinski definition) is 4. The first-order valence-corrected chi connectivity index (χ1v) is 14.3. The zero-order valence-electron chi connectivity index (χ0n) is 25.4. The van der Waals surface area contributed by atoms with Crippen molar-refractivity contribution in [1.29, 1.82) is 0 Å². The van der Waals surface area contributed by atoms with Crippen molar-refractivity contribution >= 4 is 44.7 Å². The molecule has 2 amide bonds. The summed E-state index contributed by atoms with van der Waals surface area (Å²) >= 11 is 0. The average molecular weight is 641 g/mol. The van der Waals surface area contributed by atoms with E-state index in [0.717, 1.165) is 55.2 Å². The maximum absolute atomic E-state index is 12.4. The Labute approximate surface area is 272 Å². The second kappa shape index (κ2) is 14.1. The normalized spacial score (nSPS) is 10.4. The number of amides is 2. The Morgan fingerprint density at radius 3 is 1.16 bits per heavy atom. The van der Waals surface area contributed by atoms with Gasteiger partial charge in [-0.1, -0.05) is 83.9 Å². The summed E-state index contributed by atoms with van der Waals surface area (Å²) in [5.74, 6) is -0.646. The van der Waals surface area contributed by atoms with Crippen LogP contribution >= 0.6 is 0 Å². The van der Waals surface area contributed by atoms with Gasteiger partial charge in [0.15, 0.2) is 0 Å². The Kier molecular flexibility index (Phi) is 10.3. The average Bonchev–Trinajstić information content (AvgIpc) is 2.99. The van der Waals surface area contributed by atoms with Crippen molar-refractivity contribution in [3.8, 4) is 11.5 Å². The number of fused-ring (bicyclic) bond motifs is 2. The number of aromatic hydroxyl groups is 2. The number of carbonyl (C=O) groups is 2. The molecule has 0 aromatic heterocycles. The van der Waals surface area contributed by atoms with Crippen LogP contribution in [0.3, 0.4) is 0 Å². The molecule has 6 aromatic carbocycles. The molecule has 6 nitrogen and oxygen atoms in total. The van der Waals surface area contributed by atoms with Crippen LogP contribution in [0.4, 0.5) is 11.4 Å². The van der Waals surface area contributed by atoms with Crippen LogP contribution in [0.2, 0.25) is 0 Å². The van der Waals surface area contributed by atoms with E-state index < -0.39 is 0 Å². The van der Waals surface area contributed by atoms with Gasteiger partial charge in [-0.2, -0.15) is 0 Å². The Morgan fingerprint density at radius 2 is 0.822 bits per heavy atom. The molecule has 6 aromatic rings. The number of anilines is 2. The van der Waals surface area contributed by atoms with Crippen LogP contribution in [0, 0.1) is 27.7 Å². The zero-order valence-corrected chi connectivity index (χ0v) is 26.4. The van der Waals surface area contributed by atoms with E-state index in [2.05, 4.69) is 10.6 Å². The van der Waals surface area contributed by atoms with Gasteiger partial charge in [0.05, 0.1) is 11.1 Å². The third-order valence-electron chi connectivity index (χ3n) is 7.48. The number of aryl methyl sites for hydroxylation is 4. The van der Waals surface area contributed by atoms with E-state index in [1.54, 1.807) is 24.3 Å². The maximum Gasteiger partial charge on any atom is 2.00 e. The van der Waals surface area contributed by atoms with Gasteiger partial charge in [0.25, 0.3) is 11.8 Å². The van der Waals surface area contributed by atoms with Crippen LogP contribution in [-0.4, -0.2) is 22.0 Å². The minimum Gasteiger partial charge on any atom is -0.507 e. The third-order valence-corrected chi connectivity index (χ3v) is 7.48. The van der Waals surface area contributed by atoms with Gasteiger partial charge in [-0.25, -0.2) is 0 Å². The summed E-state index contributed by atoms with van der Waals surface area (Å²) in [5, 5.41) is 29.6. The number of benzene rings is 6. The number of rotatable bonds is 4. The topological polar surface area (TPSA) is 98.7 Å². The molecule has 0 aliphatic heterocycles. The van der Waals surface area contributed by atoms with Crippen molar-refractivity contribution in [2.45, 2.75) is 27.7 Å². The minimum atomic E-state index is -0.310. The van der Waals surface area contributed by atoms with E-state index in [0.29, 0.717) is 0 Å². The van der Waals surface area contributed by atoms with Gasteiger partial charge >= 0.3 is 16.5 Å². The molecule has 0 saturated carbocycles. The van der Waals surface area contributed by atoms with Gasteiger partial charge in [0.1, 0.15) is 11.5 Å². The molecular formula is C38H34N2NiO4+2. The Balaban J connectivity index is 0.000000200. The molecule has 0 atom stereocenters. The van der Waals surface area contributed by atoms with Gasteiger partial charge < -0.3 is 20.8 Å². The van der Waals surface area contributed by atoms with Crippen molar-refractivity contribution < 1.29 is 36.3 Å². The molecule has 4 N–H and O–H groups in total. The summed E-state index contributed by atoms with van der Waals surface area (Å²) < 4.78 is 0.